The van der Waals surface area contributed by atoms with Gasteiger partial charge in [0.2, 0.25) is 0 Å². The Morgan fingerprint density at radius 3 is 2.43 bits per heavy atom. The largest absolute Gasteiger partial charge is 0.406 e. The molecule has 0 aromatic carbocycles. The molecule has 5 nitrogen and oxygen atoms in total. The van der Waals surface area contributed by atoms with Crippen LogP contribution in [0.1, 0.15) is 34.6 Å². The maximum atomic E-state index is 12.8. The molecule has 0 bridgehead atoms. The number of likely N-dealkylation sites (tertiary alicyclic amines) is 1. The van der Waals surface area contributed by atoms with Gasteiger partial charge in [-0.3, -0.25) is 14.6 Å². The molecular formula is C20H31F3N4O. The van der Waals surface area contributed by atoms with Crippen LogP contribution in [0, 0.1) is 13.8 Å². The molecule has 158 valence electrons. The summed E-state index contributed by atoms with van der Waals surface area (Å²) in [5, 5.41) is 0. The van der Waals surface area contributed by atoms with E-state index in [2.05, 4.69) is 21.7 Å². The van der Waals surface area contributed by atoms with Crippen molar-refractivity contribution in [3.8, 4) is 0 Å². The van der Waals surface area contributed by atoms with Crippen LogP contribution in [0.3, 0.4) is 0 Å². The number of rotatable bonds is 5. The van der Waals surface area contributed by atoms with Gasteiger partial charge in [-0.2, -0.15) is 13.2 Å². The zero-order chi connectivity index (χ0) is 20.5. The van der Waals surface area contributed by atoms with E-state index < -0.39 is 12.7 Å². The van der Waals surface area contributed by atoms with Gasteiger partial charge in [0, 0.05) is 55.7 Å². The van der Waals surface area contributed by atoms with Crippen LogP contribution in [-0.4, -0.2) is 90.1 Å². The summed E-state index contributed by atoms with van der Waals surface area (Å²) in [6.45, 7) is 8.25. The molecule has 1 aromatic heterocycles. The molecular weight excluding hydrogens is 369 g/mol. The first-order valence-electron chi connectivity index (χ1n) is 10.1. The zero-order valence-corrected chi connectivity index (χ0v) is 17.1. The van der Waals surface area contributed by atoms with Gasteiger partial charge in [-0.15, -0.1) is 0 Å². The van der Waals surface area contributed by atoms with E-state index in [1.165, 1.54) is 17.4 Å². The van der Waals surface area contributed by atoms with Crippen LogP contribution in [0.2, 0.25) is 0 Å². The monoisotopic (exact) mass is 400 g/mol. The second-order valence-corrected chi connectivity index (χ2v) is 8.28. The number of aryl methyl sites for hydroxylation is 1. The molecule has 2 fully saturated rings. The lowest BCUT2D eigenvalue weighted by Gasteiger charge is -2.42. The lowest BCUT2D eigenvalue weighted by atomic mass is 10.0. The van der Waals surface area contributed by atoms with E-state index in [1.54, 1.807) is 19.9 Å². The van der Waals surface area contributed by atoms with Crippen LogP contribution < -0.4 is 0 Å². The van der Waals surface area contributed by atoms with Crippen LogP contribution in [0.5, 0.6) is 0 Å². The van der Waals surface area contributed by atoms with Crippen LogP contribution in [0.15, 0.2) is 6.07 Å². The van der Waals surface area contributed by atoms with Crippen LogP contribution in [0.4, 0.5) is 13.2 Å². The number of piperidine rings is 1. The predicted molar refractivity (Wildman–Crippen MR) is 103 cm³/mol. The maximum Gasteiger partial charge on any atom is 0.406 e. The maximum absolute atomic E-state index is 12.8. The SMILES string of the molecule is Cc1cc(C(=O)CN2CCN(C3CCCN(C)C3)CC2)c(C)n1CC(F)(F)F. The van der Waals surface area contributed by atoms with E-state index in [0.717, 1.165) is 39.3 Å². The molecule has 0 aliphatic carbocycles. The molecule has 2 aliphatic heterocycles. The van der Waals surface area contributed by atoms with Crippen LogP contribution in [0.25, 0.3) is 0 Å². The summed E-state index contributed by atoms with van der Waals surface area (Å²) in [5.41, 5.74) is 1.30. The predicted octanol–water partition coefficient (Wildman–Crippen LogP) is 2.56. The fraction of sp³-hybridized carbons (Fsp3) is 0.750. The lowest BCUT2D eigenvalue weighted by Crippen LogP contribution is -2.55. The number of piperazine rings is 1. The van der Waals surface area contributed by atoms with Crippen molar-refractivity contribution in [3.63, 3.8) is 0 Å². The molecule has 1 atom stereocenters. The second-order valence-electron chi connectivity index (χ2n) is 8.28. The third kappa shape index (κ3) is 5.15. The normalized spacial score (nSPS) is 23.3. The van der Waals surface area contributed by atoms with Crippen molar-refractivity contribution < 1.29 is 18.0 Å². The Bertz CT molecular complexity index is 692. The topological polar surface area (TPSA) is 31.7 Å². The molecule has 0 spiro atoms. The van der Waals surface area contributed by atoms with Crippen molar-refractivity contribution in [1.29, 1.82) is 0 Å². The molecule has 0 amide bonds. The highest BCUT2D eigenvalue weighted by Crippen LogP contribution is 2.24. The van der Waals surface area contributed by atoms with Gasteiger partial charge in [-0.1, -0.05) is 0 Å². The summed E-state index contributed by atoms with van der Waals surface area (Å²) in [7, 11) is 2.16. The summed E-state index contributed by atoms with van der Waals surface area (Å²) in [5.74, 6) is -0.0904. The van der Waals surface area contributed by atoms with Crippen molar-refractivity contribution in [3.05, 3.63) is 23.0 Å². The molecule has 8 heteroatoms. The summed E-state index contributed by atoms with van der Waals surface area (Å²) >= 11 is 0. The molecule has 2 saturated heterocycles. The van der Waals surface area contributed by atoms with Crippen LogP contribution >= 0.6 is 0 Å². The smallest absolute Gasteiger partial charge is 0.339 e. The number of ketones is 1. The highest BCUT2D eigenvalue weighted by molar-refractivity contribution is 5.99. The highest BCUT2D eigenvalue weighted by Gasteiger charge is 2.31. The number of carbonyl (C=O) groups excluding carboxylic acids is 1. The molecule has 28 heavy (non-hydrogen) atoms. The van der Waals surface area contributed by atoms with Crippen molar-refractivity contribution in [1.82, 2.24) is 19.3 Å². The Labute approximate surface area is 165 Å². The van der Waals surface area contributed by atoms with Gasteiger partial charge in [0.1, 0.15) is 6.54 Å². The van der Waals surface area contributed by atoms with Crippen molar-refractivity contribution >= 4 is 5.78 Å². The summed E-state index contributed by atoms with van der Waals surface area (Å²) in [6.07, 6.45) is -1.83. The van der Waals surface area contributed by atoms with Crippen LogP contribution in [-0.2, 0) is 6.54 Å². The number of nitrogens with zero attached hydrogens (tertiary/aromatic N) is 4. The van der Waals surface area contributed by atoms with E-state index in [1.807, 2.05) is 0 Å². The van der Waals surface area contributed by atoms with Gasteiger partial charge >= 0.3 is 6.18 Å². The fourth-order valence-electron chi connectivity index (χ4n) is 4.52. The fourth-order valence-corrected chi connectivity index (χ4v) is 4.52. The number of Topliss-reactive ketones (excluding diaryl/α,β-unsaturated/α-hetero) is 1. The molecule has 0 N–H and O–H groups in total. The number of hydrogen-bond acceptors (Lipinski definition) is 4. The molecule has 2 aliphatic rings. The van der Waals surface area contributed by atoms with E-state index in [4.69, 9.17) is 0 Å². The van der Waals surface area contributed by atoms with Gasteiger partial charge in [0.15, 0.2) is 5.78 Å². The number of hydrogen-bond donors (Lipinski definition) is 0. The zero-order valence-electron chi connectivity index (χ0n) is 17.1. The Balaban J connectivity index is 1.55. The Hall–Kier alpha value is -1.38. The minimum Gasteiger partial charge on any atom is -0.339 e. The summed E-state index contributed by atoms with van der Waals surface area (Å²) in [4.78, 5) is 19.8. The Kier molecular flexibility index (Phi) is 6.51. The van der Waals surface area contributed by atoms with Gasteiger partial charge in [0.05, 0.1) is 6.54 Å². The average Bonchev–Trinajstić information content (AvgIpc) is 2.89. The van der Waals surface area contributed by atoms with Gasteiger partial charge < -0.3 is 9.47 Å². The average molecular weight is 400 g/mol. The molecule has 3 rings (SSSR count). The first kappa shape index (κ1) is 21.3. The van der Waals surface area contributed by atoms with E-state index in [9.17, 15) is 18.0 Å². The number of carbonyl (C=O) groups is 1. The third-order valence-corrected chi connectivity index (χ3v) is 6.10. The minimum atomic E-state index is -4.29. The molecule has 0 saturated carbocycles. The molecule has 0 radical (unpaired) electrons. The van der Waals surface area contributed by atoms with E-state index >= 15 is 0 Å². The molecule has 3 heterocycles. The van der Waals surface area contributed by atoms with Gasteiger partial charge in [-0.25, -0.2) is 0 Å². The number of aromatic nitrogens is 1. The molecule has 1 aromatic rings. The number of likely N-dealkylation sites (N-methyl/N-ethyl adjacent to an activating group) is 1. The standard InChI is InChI=1S/C20H31F3N4O/c1-15-11-18(16(2)27(15)14-20(21,22)23)19(28)13-25-7-9-26(10-8-25)17-5-4-6-24(3)12-17/h11,17H,4-10,12-14H2,1-3H3. The number of alkyl halides is 3. The Morgan fingerprint density at radius 2 is 1.82 bits per heavy atom. The third-order valence-electron chi connectivity index (χ3n) is 6.10. The van der Waals surface area contributed by atoms with Crippen molar-refractivity contribution in [2.75, 3.05) is 52.9 Å². The highest BCUT2D eigenvalue weighted by atomic mass is 19.4. The first-order chi connectivity index (χ1) is 13.1. The van der Waals surface area contributed by atoms with Gasteiger partial charge in [-0.05, 0) is 46.3 Å². The van der Waals surface area contributed by atoms with E-state index in [-0.39, 0.29) is 12.3 Å². The first-order valence-corrected chi connectivity index (χ1v) is 10.1. The quantitative estimate of drug-likeness (QED) is 0.711. The van der Waals surface area contributed by atoms with Crippen molar-refractivity contribution in [2.45, 2.75) is 45.5 Å². The minimum absolute atomic E-state index is 0.0904. The summed E-state index contributed by atoms with van der Waals surface area (Å²) < 4.78 is 39.5. The second kappa shape index (κ2) is 8.55. The van der Waals surface area contributed by atoms with Gasteiger partial charge in [0.25, 0.3) is 0 Å². The Morgan fingerprint density at radius 1 is 1.14 bits per heavy atom. The molecule has 1 unspecified atom stereocenters. The lowest BCUT2D eigenvalue weighted by molar-refractivity contribution is -0.141. The van der Waals surface area contributed by atoms with E-state index in [0.29, 0.717) is 23.0 Å². The summed E-state index contributed by atoms with van der Waals surface area (Å²) in [6, 6.07) is 2.19. The van der Waals surface area contributed by atoms with Crippen molar-refractivity contribution in [2.24, 2.45) is 0 Å². The number of halogens is 3.